The van der Waals surface area contributed by atoms with Crippen molar-refractivity contribution in [2.24, 2.45) is 5.92 Å². The summed E-state index contributed by atoms with van der Waals surface area (Å²) in [5.41, 5.74) is 0.912. The van der Waals surface area contributed by atoms with Crippen LogP contribution in [0.3, 0.4) is 0 Å². The lowest BCUT2D eigenvalue weighted by Crippen LogP contribution is -2.47. The van der Waals surface area contributed by atoms with Crippen LogP contribution < -0.4 is 10.0 Å². The van der Waals surface area contributed by atoms with Crippen LogP contribution in [-0.4, -0.2) is 32.4 Å². The van der Waals surface area contributed by atoms with E-state index in [9.17, 15) is 18.0 Å². The third kappa shape index (κ3) is 6.69. The minimum Gasteiger partial charge on any atom is -0.451 e. The van der Waals surface area contributed by atoms with E-state index in [4.69, 9.17) is 4.74 Å². The summed E-state index contributed by atoms with van der Waals surface area (Å²) < 4.78 is 32.7. The van der Waals surface area contributed by atoms with E-state index in [-0.39, 0.29) is 10.8 Å². The van der Waals surface area contributed by atoms with Crippen molar-refractivity contribution >= 4 is 21.9 Å². The Morgan fingerprint density at radius 3 is 2.03 bits per heavy atom. The van der Waals surface area contributed by atoms with Gasteiger partial charge in [-0.15, -0.1) is 0 Å². The van der Waals surface area contributed by atoms with E-state index in [1.54, 1.807) is 32.0 Å². The van der Waals surface area contributed by atoms with Crippen molar-refractivity contribution in [1.82, 2.24) is 10.0 Å². The lowest BCUT2D eigenvalue weighted by Gasteiger charge is -2.23. The molecule has 0 fully saturated rings. The summed E-state index contributed by atoms with van der Waals surface area (Å²) in [5, 5.41) is 2.69. The van der Waals surface area contributed by atoms with Crippen LogP contribution in [0.4, 0.5) is 0 Å². The number of sulfonamides is 1. The van der Waals surface area contributed by atoms with Gasteiger partial charge >= 0.3 is 5.97 Å². The van der Waals surface area contributed by atoms with Crippen molar-refractivity contribution in [3.63, 3.8) is 0 Å². The fourth-order valence-corrected chi connectivity index (χ4v) is 3.88. The summed E-state index contributed by atoms with van der Waals surface area (Å²) in [6.45, 7) is 5.14. The van der Waals surface area contributed by atoms with Gasteiger partial charge in [0.25, 0.3) is 5.91 Å². The van der Waals surface area contributed by atoms with Crippen LogP contribution in [0.25, 0.3) is 0 Å². The molecule has 8 heteroatoms. The van der Waals surface area contributed by atoms with Gasteiger partial charge in [0, 0.05) is 6.54 Å². The second-order valence-electron chi connectivity index (χ2n) is 6.94. The number of carbonyl (C=O) groups is 2. The van der Waals surface area contributed by atoms with Crippen LogP contribution in [0.2, 0.25) is 0 Å². The Balaban J connectivity index is 1.98. The first kappa shape index (κ1) is 22.6. The molecule has 2 atom stereocenters. The third-order valence-corrected chi connectivity index (χ3v) is 5.68. The lowest BCUT2D eigenvalue weighted by atomic mass is 10.1. The van der Waals surface area contributed by atoms with Gasteiger partial charge in [-0.3, -0.25) is 9.59 Å². The fourth-order valence-electron chi connectivity index (χ4n) is 2.52. The van der Waals surface area contributed by atoms with Gasteiger partial charge < -0.3 is 10.1 Å². The van der Waals surface area contributed by atoms with Crippen molar-refractivity contribution in [2.75, 3.05) is 0 Å². The average molecular weight is 419 g/mol. The first-order valence-electron chi connectivity index (χ1n) is 9.30. The Morgan fingerprint density at radius 2 is 1.48 bits per heavy atom. The van der Waals surface area contributed by atoms with Gasteiger partial charge in [-0.05, 0) is 30.5 Å². The van der Waals surface area contributed by atoms with Gasteiger partial charge in [0.05, 0.1) is 4.90 Å². The minimum atomic E-state index is -3.90. The molecular formula is C21H26N2O5S. The van der Waals surface area contributed by atoms with E-state index in [0.29, 0.717) is 6.54 Å². The number of rotatable bonds is 9. The van der Waals surface area contributed by atoms with Crippen LogP contribution in [-0.2, 0) is 30.9 Å². The van der Waals surface area contributed by atoms with E-state index >= 15 is 0 Å². The highest BCUT2D eigenvalue weighted by molar-refractivity contribution is 7.89. The van der Waals surface area contributed by atoms with Gasteiger partial charge in [-0.25, -0.2) is 8.42 Å². The first-order valence-corrected chi connectivity index (χ1v) is 10.8. The molecule has 156 valence electrons. The van der Waals surface area contributed by atoms with Crippen molar-refractivity contribution in [3.05, 3.63) is 66.2 Å². The summed E-state index contributed by atoms with van der Waals surface area (Å²) in [4.78, 5) is 24.8. The van der Waals surface area contributed by atoms with Gasteiger partial charge in [-0.1, -0.05) is 62.4 Å². The van der Waals surface area contributed by atoms with Gasteiger partial charge in [-0.2, -0.15) is 4.72 Å². The van der Waals surface area contributed by atoms with Crippen molar-refractivity contribution in [1.29, 1.82) is 0 Å². The molecule has 2 rings (SSSR count). The van der Waals surface area contributed by atoms with E-state index in [1.165, 1.54) is 19.1 Å². The Bertz CT molecular complexity index is 915. The summed E-state index contributed by atoms with van der Waals surface area (Å²) in [7, 11) is -3.90. The maximum atomic E-state index is 12.6. The van der Waals surface area contributed by atoms with Gasteiger partial charge in [0.1, 0.15) is 6.04 Å². The topological polar surface area (TPSA) is 102 Å². The molecule has 0 saturated carbocycles. The number of amides is 1. The standard InChI is InChI=1S/C21H26N2O5S/c1-15(2)19(23-29(26,27)18-12-8-5-9-13-18)21(25)28-16(3)20(24)22-14-17-10-6-4-7-11-17/h4-13,15-16,19,23H,14H2,1-3H3,(H,22,24)/t16?,19-/m0/s1. The minimum absolute atomic E-state index is 0.0482. The second kappa shape index (κ2) is 10.2. The Labute approximate surface area is 171 Å². The number of carbonyl (C=O) groups excluding carboxylic acids is 2. The number of benzene rings is 2. The predicted molar refractivity (Wildman–Crippen MR) is 109 cm³/mol. The van der Waals surface area contributed by atoms with E-state index in [0.717, 1.165) is 5.56 Å². The smallest absolute Gasteiger partial charge is 0.325 e. The molecule has 2 N–H and O–H groups in total. The fraction of sp³-hybridized carbons (Fsp3) is 0.333. The van der Waals surface area contributed by atoms with Gasteiger partial charge in [0.15, 0.2) is 6.10 Å². The Morgan fingerprint density at radius 1 is 0.931 bits per heavy atom. The molecule has 0 aliphatic carbocycles. The predicted octanol–water partition coefficient (Wildman–Crippen LogP) is 2.24. The molecule has 0 heterocycles. The highest BCUT2D eigenvalue weighted by atomic mass is 32.2. The summed E-state index contributed by atoms with van der Waals surface area (Å²) >= 11 is 0. The average Bonchev–Trinajstić information content (AvgIpc) is 2.71. The van der Waals surface area contributed by atoms with Crippen molar-refractivity contribution < 1.29 is 22.7 Å². The van der Waals surface area contributed by atoms with Gasteiger partial charge in [0.2, 0.25) is 10.0 Å². The zero-order chi connectivity index (χ0) is 21.4. The zero-order valence-corrected chi connectivity index (χ0v) is 17.5. The SMILES string of the molecule is CC(OC(=O)[C@@H](NS(=O)(=O)c1ccccc1)C(C)C)C(=O)NCc1ccccc1. The van der Waals surface area contributed by atoms with Crippen LogP contribution in [0, 0.1) is 5.92 Å². The Hall–Kier alpha value is -2.71. The summed E-state index contributed by atoms with van der Waals surface area (Å²) in [6.07, 6.45) is -1.06. The first-order chi connectivity index (χ1) is 13.7. The number of hydrogen-bond acceptors (Lipinski definition) is 5. The molecule has 0 saturated heterocycles. The molecule has 29 heavy (non-hydrogen) atoms. The molecule has 0 radical (unpaired) electrons. The Kier molecular flexibility index (Phi) is 7.92. The number of esters is 1. The molecule has 7 nitrogen and oxygen atoms in total. The van der Waals surface area contributed by atoms with Crippen molar-refractivity contribution in [2.45, 2.75) is 44.4 Å². The lowest BCUT2D eigenvalue weighted by molar-refractivity contribution is -0.157. The maximum Gasteiger partial charge on any atom is 0.325 e. The highest BCUT2D eigenvalue weighted by Crippen LogP contribution is 2.13. The van der Waals surface area contributed by atoms with Crippen LogP contribution in [0.1, 0.15) is 26.3 Å². The van der Waals surface area contributed by atoms with Crippen LogP contribution in [0.15, 0.2) is 65.6 Å². The normalized spacial score (nSPS) is 13.5. The second-order valence-corrected chi connectivity index (χ2v) is 8.65. The number of nitrogens with one attached hydrogen (secondary N) is 2. The molecule has 1 amide bonds. The van der Waals surface area contributed by atoms with E-state index < -0.39 is 34.0 Å². The molecule has 0 bridgehead atoms. The monoisotopic (exact) mass is 418 g/mol. The summed E-state index contributed by atoms with van der Waals surface area (Å²) in [5.74, 6) is -1.64. The molecule has 0 aromatic heterocycles. The number of ether oxygens (including phenoxy) is 1. The third-order valence-electron chi connectivity index (χ3n) is 4.23. The van der Waals surface area contributed by atoms with E-state index in [2.05, 4.69) is 10.0 Å². The zero-order valence-electron chi connectivity index (χ0n) is 16.7. The van der Waals surface area contributed by atoms with Crippen molar-refractivity contribution in [3.8, 4) is 0 Å². The molecule has 0 spiro atoms. The molecule has 1 unspecified atom stereocenters. The molecular weight excluding hydrogens is 392 g/mol. The van der Waals surface area contributed by atoms with E-state index in [1.807, 2.05) is 30.3 Å². The highest BCUT2D eigenvalue weighted by Gasteiger charge is 2.31. The largest absolute Gasteiger partial charge is 0.451 e. The molecule has 2 aromatic carbocycles. The molecule has 2 aromatic rings. The summed E-state index contributed by atoms with van der Waals surface area (Å²) in [6, 6.07) is 16.0. The van der Waals surface area contributed by atoms with Crippen LogP contribution in [0.5, 0.6) is 0 Å². The quantitative estimate of drug-likeness (QED) is 0.608. The maximum absolute atomic E-state index is 12.6. The number of hydrogen-bond donors (Lipinski definition) is 2. The van der Waals surface area contributed by atoms with Crippen LogP contribution >= 0.6 is 0 Å². The molecule has 0 aliphatic rings. The molecule has 0 aliphatic heterocycles.